The van der Waals surface area contributed by atoms with Gasteiger partial charge in [-0.25, -0.2) is 0 Å². The van der Waals surface area contributed by atoms with Crippen LogP contribution in [0.1, 0.15) is 70.8 Å². The number of hydrogen-bond donors (Lipinski definition) is 0. The molecule has 1 saturated carbocycles. The number of nitrogens with zero attached hydrogens (tertiary/aromatic N) is 1. The molecule has 3 rings (SSSR count). The van der Waals surface area contributed by atoms with Gasteiger partial charge in [0, 0.05) is 18.0 Å². The second-order valence-corrected chi connectivity index (χ2v) is 8.90. The normalized spacial score (nSPS) is 17.5. The van der Waals surface area contributed by atoms with Crippen LogP contribution in [-0.2, 0) is 4.79 Å². The fourth-order valence-electron chi connectivity index (χ4n) is 4.14. The van der Waals surface area contributed by atoms with Crippen molar-refractivity contribution in [2.45, 2.75) is 65.2 Å². The maximum absolute atomic E-state index is 13.5. The highest BCUT2D eigenvalue weighted by Gasteiger charge is 2.28. The Labute approximate surface area is 175 Å². The number of para-hydroxylation sites is 1. The van der Waals surface area contributed by atoms with E-state index >= 15 is 0 Å². The summed E-state index contributed by atoms with van der Waals surface area (Å²) >= 11 is 5.87. The molecule has 2 aliphatic carbocycles. The van der Waals surface area contributed by atoms with Crippen molar-refractivity contribution >= 4 is 28.7 Å². The van der Waals surface area contributed by atoms with Gasteiger partial charge in [-0.05, 0) is 49.7 Å². The molecule has 2 aliphatic rings. The number of amides is 1. The topological polar surface area (TPSA) is 20.3 Å². The fraction of sp³-hybridized carbons (Fsp3) is 0.520. The molecular formula is C25H33NOS. The molecule has 1 fully saturated rings. The molecule has 0 radical (unpaired) electrons. The Bertz CT molecular complexity index is 756. The first-order valence-corrected chi connectivity index (χ1v) is 11.3. The first kappa shape index (κ1) is 21.0. The summed E-state index contributed by atoms with van der Waals surface area (Å²) in [7, 11) is 0. The first-order chi connectivity index (χ1) is 13.6. The van der Waals surface area contributed by atoms with Crippen molar-refractivity contribution in [2.75, 3.05) is 11.4 Å². The van der Waals surface area contributed by atoms with Crippen molar-refractivity contribution in [2.24, 2.45) is 11.8 Å². The number of thiocarbonyl (C=S) groups is 1. The standard InChI is InChI=1S/C25H33NOS/c1-19(2)17-18-26(25(27)21-13-7-4-8-14-21)23-16-10-9-15-22(23)24(28)20-11-5-3-6-12-20/h5,9-12,15-16,19,21H,3-4,6-8,13-14,17-18H2,1-2H3. The SMILES string of the molecule is CC(C)CCN(C(=O)C1CCCCC1)c1ccccc1C(=S)C1=CCCC=C1. The summed E-state index contributed by atoms with van der Waals surface area (Å²) in [4.78, 5) is 16.4. The van der Waals surface area contributed by atoms with Gasteiger partial charge in [-0.3, -0.25) is 4.79 Å². The number of hydrogen-bond acceptors (Lipinski definition) is 2. The minimum Gasteiger partial charge on any atom is -0.312 e. The number of rotatable bonds is 7. The monoisotopic (exact) mass is 395 g/mol. The van der Waals surface area contributed by atoms with Crippen molar-refractivity contribution in [1.29, 1.82) is 0 Å². The van der Waals surface area contributed by atoms with E-state index in [0.717, 1.165) is 60.3 Å². The molecule has 0 bridgehead atoms. The molecule has 0 unspecified atom stereocenters. The van der Waals surface area contributed by atoms with Gasteiger partial charge in [-0.1, -0.05) is 81.8 Å². The average molecular weight is 396 g/mol. The van der Waals surface area contributed by atoms with Crippen molar-refractivity contribution in [3.8, 4) is 0 Å². The van der Waals surface area contributed by atoms with E-state index in [1.54, 1.807) is 0 Å². The minimum absolute atomic E-state index is 0.163. The highest BCUT2D eigenvalue weighted by atomic mass is 32.1. The van der Waals surface area contributed by atoms with Gasteiger partial charge in [0.2, 0.25) is 5.91 Å². The van der Waals surface area contributed by atoms with E-state index in [0.29, 0.717) is 11.8 Å². The van der Waals surface area contributed by atoms with Gasteiger partial charge in [0.25, 0.3) is 0 Å². The number of carbonyl (C=O) groups excluding carboxylic acids is 1. The summed E-state index contributed by atoms with van der Waals surface area (Å²) in [5, 5.41) is 0. The van der Waals surface area contributed by atoms with E-state index in [-0.39, 0.29) is 5.92 Å². The van der Waals surface area contributed by atoms with Crippen LogP contribution in [0, 0.1) is 11.8 Å². The number of allylic oxidation sites excluding steroid dienone is 4. The molecule has 1 aromatic carbocycles. The summed E-state index contributed by atoms with van der Waals surface area (Å²) in [5.74, 6) is 1.02. The lowest BCUT2D eigenvalue weighted by Gasteiger charge is -2.31. The van der Waals surface area contributed by atoms with Crippen LogP contribution in [0.5, 0.6) is 0 Å². The summed E-state index contributed by atoms with van der Waals surface area (Å²) in [5.41, 5.74) is 3.12. The van der Waals surface area contributed by atoms with Gasteiger partial charge < -0.3 is 4.90 Å². The lowest BCUT2D eigenvalue weighted by atomic mass is 9.87. The number of anilines is 1. The van der Waals surface area contributed by atoms with Crippen LogP contribution < -0.4 is 4.90 Å². The van der Waals surface area contributed by atoms with Gasteiger partial charge in [0.05, 0.1) is 10.6 Å². The second kappa shape index (κ2) is 10.2. The van der Waals surface area contributed by atoms with E-state index in [4.69, 9.17) is 12.2 Å². The van der Waals surface area contributed by atoms with Crippen LogP contribution in [0.25, 0.3) is 0 Å². The Morgan fingerprint density at radius 1 is 1.14 bits per heavy atom. The third kappa shape index (κ3) is 5.20. The average Bonchev–Trinajstić information content (AvgIpc) is 2.74. The third-order valence-electron chi connectivity index (χ3n) is 5.85. The van der Waals surface area contributed by atoms with Gasteiger partial charge in [-0.15, -0.1) is 0 Å². The summed E-state index contributed by atoms with van der Waals surface area (Å²) in [6, 6.07) is 8.22. The molecule has 1 amide bonds. The largest absolute Gasteiger partial charge is 0.312 e. The summed E-state index contributed by atoms with van der Waals surface area (Å²) < 4.78 is 0. The van der Waals surface area contributed by atoms with Crippen LogP contribution in [0.15, 0.2) is 48.1 Å². The molecular weight excluding hydrogens is 362 g/mol. The fourth-order valence-corrected chi connectivity index (χ4v) is 4.47. The molecule has 0 aliphatic heterocycles. The molecule has 2 nitrogen and oxygen atoms in total. The molecule has 0 spiro atoms. The first-order valence-electron chi connectivity index (χ1n) is 10.9. The van der Waals surface area contributed by atoms with Crippen LogP contribution >= 0.6 is 12.2 Å². The predicted octanol–water partition coefficient (Wildman–Crippen LogP) is 6.64. The molecule has 3 heteroatoms. The third-order valence-corrected chi connectivity index (χ3v) is 6.30. The Morgan fingerprint density at radius 2 is 1.89 bits per heavy atom. The Morgan fingerprint density at radius 3 is 2.57 bits per heavy atom. The quantitative estimate of drug-likeness (QED) is 0.381. The van der Waals surface area contributed by atoms with E-state index in [1.165, 1.54) is 19.3 Å². The van der Waals surface area contributed by atoms with Crippen LogP contribution in [0.4, 0.5) is 5.69 Å². The maximum Gasteiger partial charge on any atom is 0.230 e. The van der Waals surface area contributed by atoms with E-state index in [1.807, 2.05) is 17.0 Å². The van der Waals surface area contributed by atoms with E-state index in [2.05, 4.69) is 44.2 Å². The summed E-state index contributed by atoms with van der Waals surface area (Å²) in [6.45, 7) is 5.20. The molecule has 1 aromatic rings. The van der Waals surface area contributed by atoms with Gasteiger partial charge in [0.1, 0.15) is 0 Å². The number of carbonyl (C=O) groups is 1. The molecule has 150 valence electrons. The van der Waals surface area contributed by atoms with E-state index < -0.39 is 0 Å². The van der Waals surface area contributed by atoms with Gasteiger partial charge >= 0.3 is 0 Å². The van der Waals surface area contributed by atoms with Gasteiger partial charge in [-0.2, -0.15) is 0 Å². The zero-order chi connectivity index (χ0) is 19.9. The highest BCUT2D eigenvalue weighted by Crippen LogP contribution is 2.31. The Hall–Kier alpha value is -1.74. The molecule has 0 saturated heterocycles. The lowest BCUT2D eigenvalue weighted by Crippen LogP contribution is -2.39. The maximum atomic E-state index is 13.5. The molecule has 0 atom stereocenters. The molecule has 28 heavy (non-hydrogen) atoms. The van der Waals surface area contributed by atoms with Gasteiger partial charge in [0.15, 0.2) is 0 Å². The Kier molecular flexibility index (Phi) is 7.61. The lowest BCUT2D eigenvalue weighted by molar-refractivity contribution is -0.123. The van der Waals surface area contributed by atoms with E-state index in [9.17, 15) is 4.79 Å². The zero-order valence-corrected chi connectivity index (χ0v) is 18.1. The molecule has 0 N–H and O–H groups in total. The van der Waals surface area contributed by atoms with Crippen LogP contribution in [-0.4, -0.2) is 17.3 Å². The van der Waals surface area contributed by atoms with Crippen molar-refractivity contribution in [3.05, 3.63) is 53.6 Å². The highest BCUT2D eigenvalue weighted by molar-refractivity contribution is 7.81. The molecule has 0 aromatic heterocycles. The second-order valence-electron chi connectivity index (χ2n) is 8.49. The van der Waals surface area contributed by atoms with Crippen molar-refractivity contribution in [1.82, 2.24) is 0 Å². The predicted molar refractivity (Wildman–Crippen MR) is 123 cm³/mol. The zero-order valence-electron chi connectivity index (χ0n) is 17.3. The smallest absolute Gasteiger partial charge is 0.230 e. The van der Waals surface area contributed by atoms with Crippen molar-refractivity contribution in [3.63, 3.8) is 0 Å². The van der Waals surface area contributed by atoms with Crippen LogP contribution in [0.3, 0.4) is 0 Å². The molecule has 0 heterocycles. The van der Waals surface area contributed by atoms with Crippen molar-refractivity contribution < 1.29 is 4.79 Å². The number of benzene rings is 1. The minimum atomic E-state index is 0.163. The van der Waals surface area contributed by atoms with Crippen LogP contribution in [0.2, 0.25) is 0 Å². The Balaban J connectivity index is 1.92. The summed E-state index contributed by atoms with van der Waals surface area (Å²) in [6.07, 6.45) is 15.3.